The third-order valence-electron chi connectivity index (χ3n) is 2.33. The van der Waals surface area contributed by atoms with Crippen LogP contribution in [0.15, 0.2) is 16.6 Å². The molecule has 0 bridgehead atoms. The van der Waals surface area contributed by atoms with Crippen LogP contribution in [-0.4, -0.2) is 9.61 Å². The number of rotatable bonds is 1. The number of nitrogens with zero attached hydrogens (tertiary/aromatic N) is 2. The number of nitrogens with two attached hydrogens (primary N) is 1. The van der Waals surface area contributed by atoms with Crippen LogP contribution in [0.5, 0.6) is 0 Å². The SMILES string of the molecule is CCc1nn2c(C)cc(Br)cc2c1N. The van der Waals surface area contributed by atoms with E-state index in [9.17, 15) is 0 Å². The van der Waals surface area contributed by atoms with E-state index in [0.717, 1.165) is 33.5 Å². The summed E-state index contributed by atoms with van der Waals surface area (Å²) in [5.41, 5.74) is 9.80. The van der Waals surface area contributed by atoms with Gasteiger partial charge in [0.15, 0.2) is 0 Å². The highest BCUT2D eigenvalue weighted by molar-refractivity contribution is 9.10. The first-order valence-corrected chi connectivity index (χ1v) is 5.36. The predicted molar refractivity (Wildman–Crippen MR) is 61.4 cm³/mol. The van der Waals surface area contributed by atoms with Crippen molar-refractivity contribution in [3.63, 3.8) is 0 Å². The van der Waals surface area contributed by atoms with Gasteiger partial charge in [0.2, 0.25) is 0 Å². The molecule has 2 heterocycles. The Morgan fingerprint density at radius 3 is 2.86 bits per heavy atom. The van der Waals surface area contributed by atoms with E-state index in [1.54, 1.807) is 0 Å². The van der Waals surface area contributed by atoms with Crippen LogP contribution < -0.4 is 5.73 Å². The maximum absolute atomic E-state index is 5.98. The second kappa shape index (κ2) is 3.28. The fourth-order valence-corrected chi connectivity index (χ4v) is 2.14. The molecular weight excluding hydrogens is 242 g/mol. The number of halogens is 1. The van der Waals surface area contributed by atoms with Crippen molar-refractivity contribution in [1.29, 1.82) is 0 Å². The Morgan fingerprint density at radius 2 is 2.21 bits per heavy atom. The lowest BCUT2D eigenvalue weighted by Gasteiger charge is -1.99. The monoisotopic (exact) mass is 253 g/mol. The van der Waals surface area contributed by atoms with Gasteiger partial charge in [0, 0.05) is 10.2 Å². The van der Waals surface area contributed by atoms with Crippen LogP contribution in [0.2, 0.25) is 0 Å². The Kier molecular flexibility index (Phi) is 2.23. The molecule has 2 N–H and O–H groups in total. The molecule has 0 aliphatic carbocycles. The Balaban J connectivity index is 2.85. The van der Waals surface area contributed by atoms with Gasteiger partial charge in [-0.25, -0.2) is 4.52 Å². The van der Waals surface area contributed by atoms with Gasteiger partial charge in [0.05, 0.1) is 16.9 Å². The van der Waals surface area contributed by atoms with Gasteiger partial charge in [-0.05, 0) is 25.5 Å². The van der Waals surface area contributed by atoms with Crippen molar-refractivity contribution in [3.05, 3.63) is 28.0 Å². The summed E-state index contributed by atoms with van der Waals surface area (Å²) in [7, 11) is 0. The van der Waals surface area contributed by atoms with Crippen LogP contribution >= 0.6 is 15.9 Å². The highest BCUT2D eigenvalue weighted by atomic mass is 79.9. The summed E-state index contributed by atoms with van der Waals surface area (Å²) in [6.45, 7) is 4.08. The first kappa shape index (κ1) is 9.52. The maximum Gasteiger partial charge on any atom is 0.0908 e. The van der Waals surface area contributed by atoms with Crippen LogP contribution in [0.1, 0.15) is 18.3 Å². The minimum atomic E-state index is 0.789. The number of anilines is 1. The van der Waals surface area contributed by atoms with Gasteiger partial charge in [-0.1, -0.05) is 22.9 Å². The van der Waals surface area contributed by atoms with Crippen molar-refractivity contribution in [2.75, 3.05) is 5.73 Å². The first-order chi connectivity index (χ1) is 6.63. The van der Waals surface area contributed by atoms with Crippen LogP contribution in [0, 0.1) is 6.92 Å². The molecule has 2 aromatic heterocycles. The number of aryl methyl sites for hydroxylation is 2. The number of fused-ring (bicyclic) bond motifs is 1. The van der Waals surface area contributed by atoms with Crippen LogP contribution in [-0.2, 0) is 6.42 Å². The van der Waals surface area contributed by atoms with Crippen molar-refractivity contribution in [2.24, 2.45) is 0 Å². The molecule has 0 unspecified atom stereocenters. The van der Waals surface area contributed by atoms with Crippen molar-refractivity contribution in [1.82, 2.24) is 9.61 Å². The minimum Gasteiger partial charge on any atom is -0.395 e. The van der Waals surface area contributed by atoms with Crippen LogP contribution in [0.3, 0.4) is 0 Å². The van der Waals surface area contributed by atoms with Crippen molar-refractivity contribution >= 4 is 27.1 Å². The smallest absolute Gasteiger partial charge is 0.0908 e. The van der Waals surface area contributed by atoms with E-state index in [-0.39, 0.29) is 0 Å². The molecule has 74 valence electrons. The summed E-state index contributed by atoms with van der Waals surface area (Å²) in [5, 5.41) is 4.44. The van der Waals surface area contributed by atoms with Crippen LogP contribution in [0.25, 0.3) is 5.52 Å². The number of pyridine rings is 1. The lowest BCUT2D eigenvalue weighted by molar-refractivity contribution is 0.867. The lowest BCUT2D eigenvalue weighted by Crippen LogP contribution is -1.93. The highest BCUT2D eigenvalue weighted by Gasteiger charge is 2.09. The highest BCUT2D eigenvalue weighted by Crippen LogP contribution is 2.23. The summed E-state index contributed by atoms with van der Waals surface area (Å²) in [4.78, 5) is 0. The Morgan fingerprint density at radius 1 is 1.50 bits per heavy atom. The number of hydrogen-bond acceptors (Lipinski definition) is 2. The van der Waals surface area contributed by atoms with E-state index in [4.69, 9.17) is 5.73 Å². The maximum atomic E-state index is 5.98. The fraction of sp³-hybridized carbons (Fsp3) is 0.300. The van der Waals surface area contributed by atoms with Gasteiger partial charge in [0.1, 0.15) is 0 Å². The third kappa shape index (κ3) is 1.30. The average molecular weight is 254 g/mol. The van der Waals surface area contributed by atoms with E-state index >= 15 is 0 Å². The topological polar surface area (TPSA) is 43.3 Å². The molecule has 4 heteroatoms. The molecule has 0 aliphatic rings. The zero-order chi connectivity index (χ0) is 10.3. The molecule has 0 saturated carbocycles. The van der Waals surface area contributed by atoms with E-state index in [1.807, 2.05) is 23.6 Å². The van der Waals surface area contributed by atoms with Gasteiger partial charge < -0.3 is 5.73 Å². The van der Waals surface area contributed by atoms with Crippen molar-refractivity contribution < 1.29 is 0 Å². The lowest BCUT2D eigenvalue weighted by atomic mass is 10.2. The van der Waals surface area contributed by atoms with Crippen molar-refractivity contribution in [3.8, 4) is 0 Å². The summed E-state index contributed by atoms with van der Waals surface area (Å²) >= 11 is 3.45. The normalized spacial score (nSPS) is 11.1. The second-order valence-electron chi connectivity index (χ2n) is 3.33. The molecule has 14 heavy (non-hydrogen) atoms. The van der Waals surface area contributed by atoms with E-state index in [1.165, 1.54) is 0 Å². The van der Waals surface area contributed by atoms with Gasteiger partial charge in [-0.2, -0.15) is 5.10 Å². The van der Waals surface area contributed by atoms with Gasteiger partial charge >= 0.3 is 0 Å². The summed E-state index contributed by atoms with van der Waals surface area (Å²) in [6.07, 6.45) is 0.866. The third-order valence-corrected chi connectivity index (χ3v) is 2.78. The number of aromatic nitrogens is 2. The summed E-state index contributed by atoms with van der Waals surface area (Å²) in [5.74, 6) is 0. The van der Waals surface area contributed by atoms with E-state index in [2.05, 4.69) is 28.0 Å². The molecule has 0 saturated heterocycles. The molecule has 0 aliphatic heterocycles. The zero-order valence-corrected chi connectivity index (χ0v) is 9.80. The van der Waals surface area contributed by atoms with Gasteiger partial charge in [-0.3, -0.25) is 0 Å². The first-order valence-electron chi connectivity index (χ1n) is 4.56. The van der Waals surface area contributed by atoms with E-state index in [0.29, 0.717) is 0 Å². The quantitative estimate of drug-likeness (QED) is 0.849. The molecule has 0 amide bonds. The average Bonchev–Trinajstić information content (AvgIpc) is 2.44. The molecule has 2 aromatic rings. The van der Waals surface area contributed by atoms with Gasteiger partial charge in [-0.15, -0.1) is 0 Å². The zero-order valence-electron chi connectivity index (χ0n) is 8.21. The van der Waals surface area contributed by atoms with Gasteiger partial charge in [0.25, 0.3) is 0 Å². The molecule has 0 fully saturated rings. The molecule has 0 atom stereocenters. The Bertz CT molecular complexity index is 488. The van der Waals surface area contributed by atoms with Crippen LogP contribution in [0.4, 0.5) is 5.69 Å². The standard InChI is InChI=1S/C10H12BrN3/c1-3-8-10(12)9-5-7(11)4-6(2)14(9)13-8/h4-5H,3,12H2,1-2H3. The molecular formula is C10H12BrN3. The predicted octanol–water partition coefficient (Wildman–Crippen LogP) is 2.55. The minimum absolute atomic E-state index is 0.789. The molecule has 3 nitrogen and oxygen atoms in total. The molecule has 0 spiro atoms. The fourth-order valence-electron chi connectivity index (χ4n) is 1.59. The number of nitrogen functional groups attached to an aromatic ring is 1. The summed E-state index contributed by atoms with van der Waals surface area (Å²) < 4.78 is 2.93. The molecule has 0 radical (unpaired) electrons. The number of hydrogen-bond donors (Lipinski definition) is 1. The largest absolute Gasteiger partial charge is 0.395 e. The van der Waals surface area contributed by atoms with E-state index < -0.39 is 0 Å². The molecule has 2 rings (SSSR count). The Hall–Kier alpha value is -1.03. The summed E-state index contributed by atoms with van der Waals surface area (Å²) in [6, 6.07) is 4.02. The Labute approximate surface area is 91.0 Å². The second-order valence-corrected chi connectivity index (χ2v) is 4.24. The van der Waals surface area contributed by atoms with Crippen molar-refractivity contribution in [2.45, 2.75) is 20.3 Å². The molecule has 0 aromatic carbocycles.